The molecule has 0 bridgehead atoms. The van der Waals surface area contributed by atoms with Gasteiger partial charge < -0.3 is 15.5 Å². The van der Waals surface area contributed by atoms with Crippen LogP contribution in [0.2, 0.25) is 0 Å². The third-order valence-electron chi connectivity index (χ3n) is 7.16. The summed E-state index contributed by atoms with van der Waals surface area (Å²) >= 11 is 5.59. The summed E-state index contributed by atoms with van der Waals surface area (Å²) in [6, 6.07) is 24.2. The van der Waals surface area contributed by atoms with Gasteiger partial charge in [-0.1, -0.05) is 76.2 Å². The largest absolute Gasteiger partial charge is 0.371 e. The van der Waals surface area contributed by atoms with Crippen LogP contribution < -0.4 is 15.5 Å². The molecule has 0 aliphatic carbocycles. The van der Waals surface area contributed by atoms with Crippen molar-refractivity contribution in [3.63, 3.8) is 0 Å². The Hall–Kier alpha value is -3.18. The van der Waals surface area contributed by atoms with E-state index in [1.165, 1.54) is 29.7 Å². The van der Waals surface area contributed by atoms with Gasteiger partial charge in [-0.25, -0.2) is 0 Å². The van der Waals surface area contributed by atoms with Gasteiger partial charge in [-0.3, -0.25) is 4.79 Å². The standard InChI is InChI=1S/C32H39N3OS/c1-22-8-7-19-35(21-22)29-17-13-24(14-18-29)23(2)33-31(37)34-28-10-6-9-26(20-28)30(36)25-11-15-27(16-12-25)32(3,4)5/h6,9-18,20,22-23H,7-8,19,21H2,1-5H3,(H2,33,34,37)/t22-,23-/m0/s1. The third-order valence-corrected chi connectivity index (χ3v) is 7.38. The highest BCUT2D eigenvalue weighted by molar-refractivity contribution is 7.80. The minimum Gasteiger partial charge on any atom is -0.371 e. The number of hydrogen-bond donors (Lipinski definition) is 2. The monoisotopic (exact) mass is 513 g/mol. The molecule has 0 aromatic heterocycles. The number of carbonyl (C=O) groups excluding carboxylic acids is 1. The number of ketones is 1. The first-order valence-corrected chi connectivity index (χ1v) is 13.7. The van der Waals surface area contributed by atoms with Crippen LogP contribution in [-0.2, 0) is 5.41 Å². The summed E-state index contributed by atoms with van der Waals surface area (Å²) in [5.41, 5.74) is 5.84. The normalized spacial score (nSPS) is 16.7. The molecule has 37 heavy (non-hydrogen) atoms. The number of carbonyl (C=O) groups is 1. The summed E-state index contributed by atoms with van der Waals surface area (Å²) in [5, 5.41) is 7.15. The van der Waals surface area contributed by atoms with Gasteiger partial charge in [0.2, 0.25) is 0 Å². The molecule has 4 rings (SSSR count). The number of nitrogens with zero attached hydrogens (tertiary/aromatic N) is 1. The fourth-order valence-corrected chi connectivity index (χ4v) is 5.17. The maximum Gasteiger partial charge on any atom is 0.193 e. The molecule has 0 unspecified atom stereocenters. The predicted molar refractivity (Wildman–Crippen MR) is 160 cm³/mol. The number of rotatable bonds is 6. The van der Waals surface area contributed by atoms with Crippen LogP contribution in [0.15, 0.2) is 72.8 Å². The Kier molecular flexibility index (Phi) is 8.33. The minimum atomic E-state index is -0.000422. The molecule has 1 saturated heterocycles. The van der Waals surface area contributed by atoms with Crippen molar-refractivity contribution in [2.24, 2.45) is 5.92 Å². The van der Waals surface area contributed by atoms with Crippen molar-refractivity contribution in [1.29, 1.82) is 0 Å². The Labute approximate surface area is 227 Å². The van der Waals surface area contributed by atoms with E-state index < -0.39 is 0 Å². The van der Waals surface area contributed by atoms with Gasteiger partial charge in [0.05, 0.1) is 6.04 Å². The Morgan fingerprint density at radius 2 is 1.70 bits per heavy atom. The quantitative estimate of drug-likeness (QED) is 0.264. The van der Waals surface area contributed by atoms with Crippen molar-refractivity contribution < 1.29 is 4.79 Å². The fraction of sp³-hybridized carbons (Fsp3) is 0.375. The van der Waals surface area contributed by atoms with Crippen LogP contribution in [0.3, 0.4) is 0 Å². The first kappa shape index (κ1) is 26.9. The molecule has 1 aliphatic heterocycles. The molecule has 0 spiro atoms. The number of benzene rings is 3. The summed E-state index contributed by atoms with van der Waals surface area (Å²) in [6.07, 6.45) is 2.58. The van der Waals surface area contributed by atoms with Gasteiger partial charge in [-0.2, -0.15) is 0 Å². The summed E-state index contributed by atoms with van der Waals surface area (Å²) in [4.78, 5) is 15.6. The second-order valence-electron chi connectivity index (χ2n) is 11.3. The zero-order valence-electron chi connectivity index (χ0n) is 22.7. The molecule has 194 valence electrons. The molecule has 5 heteroatoms. The summed E-state index contributed by atoms with van der Waals surface area (Å²) < 4.78 is 0. The zero-order chi connectivity index (χ0) is 26.6. The summed E-state index contributed by atoms with van der Waals surface area (Å²) in [7, 11) is 0. The Morgan fingerprint density at radius 3 is 2.35 bits per heavy atom. The van der Waals surface area contributed by atoms with Gasteiger partial charge in [0.1, 0.15) is 0 Å². The average molecular weight is 514 g/mol. The van der Waals surface area contributed by atoms with Crippen LogP contribution in [0.1, 0.15) is 80.6 Å². The van der Waals surface area contributed by atoms with Crippen molar-refractivity contribution in [3.8, 4) is 0 Å². The first-order valence-electron chi connectivity index (χ1n) is 13.3. The number of thiocarbonyl (C=S) groups is 1. The molecular formula is C32H39N3OS. The molecule has 1 heterocycles. The lowest BCUT2D eigenvalue weighted by molar-refractivity contribution is 0.103. The van der Waals surface area contributed by atoms with Crippen molar-refractivity contribution in [2.75, 3.05) is 23.3 Å². The smallest absolute Gasteiger partial charge is 0.193 e. The molecule has 1 fully saturated rings. The molecule has 0 amide bonds. The zero-order valence-corrected chi connectivity index (χ0v) is 23.5. The highest BCUT2D eigenvalue weighted by Gasteiger charge is 2.18. The Morgan fingerprint density at radius 1 is 1.00 bits per heavy atom. The van der Waals surface area contributed by atoms with E-state index in [1.54, 1.807) is 0 Å². The van der Waals surface area contributed by atoms with Crippen molar-refractivity contribution >= 4 is 34.5 Å². The SMILES string of the molecule is C[C@H]1CCCN(c2ccc([C@H](C)NC(=S)Nc3cccc(C(=O)c4ccc(C(C)(C)C)cc4)c3)cc2)C1. The molecular weight excluding hydrogens is 474 g/mol. The van der Waals surface area contributed by atoms with Gasteiger partial charge in [0.25, 0.3) is 0 Å². The van der Waals surface area contributed by atoms with Gasteiger partial charge in [-0.15, -0.1) is 0 Å². The predicted octanol–water partition coefficient (Wildman–Crippen LogP) is 7.50. The van der Waals surface area contributed by atoms with Crippen LogP contribution in [0.5, 0.6) is 0 Å². The second kappa shape index (κ2) is 11.5. The average Bonchev–Trinajstić information content (AvgIpc) is 2.88. The van der Waals surface area contributed by atoms with E-state index in [4.69, 9.17) is 12.2 Å². The third kappa shape index (κ3) is 6.98. The van der Waals surface area contributed by atoms with Crippen LogP contribution in [0.25, 0.3) is 0 Å². The molecule has 0 saturated carbocycles. The maximum atomic E-state index is 13.1. The van der Waals surface area contributed by atoms with Crippen molar-refractivity contribution in [3.05, 3.63) is 95.1 Å². The van der Waals surface area contributed by atoms with E-state index in [0.717, 1.165) is 24.7 Å². The lowest BCUT2D eigenvalue weighted by atomic mass is 9.86. The minimum absolute atomic E-state index is 0.000422. The molecule has 3 aromatic rings. The van der Waals surface area contributed by atoms with E-state index in [1.807, 2.05) is 48.5 Å². The molecule has 4 nitrogen and oxygen atoms in total. The molecule has 2 N–H and O–H groups in total. The van der Waals surface area contributed by atoms with E-state index in [0.29, 0.717) is 16.2 Å². The van der Waals surface area contributed by atoms with Crippen LogP contribution >= 0.6 is 12.2 Å². The lowest BCUT2D eigenvalue weighted by Gasteiger charge is -2.33. The molecule has 2 atom stereocenters. The molecule has 1 aliphatic rings. The van der Waals surface area contributed by atoms with E-state index in [-0.39, 0.29) is 17.2 Å². The first-order chi connectivity index (χ1) is 17.6. The van der Waals surface area contributed by atoms with Crippen LogP contribution in [-0.4, -0.2) is 24.0 Å². The maximum absolute atomic E-state index is 13.1. The van der Waals surface area contributed by atoms with Gasteiger partial charge in [0.15, 0.2) is 10.9 Å². The van der Waals surface area contributed by atoms with Gasteiger partial charge >= 0.3 is 0 Å². The van der Waals surface area contributed by atoms with Crippen molar-refractivity contribution in [2.45, 2.75) is 58.9 Å². The van der Waals surface area contributed by atoms with Gasteiger partial charge in [-0.05, 0) is 78.7 Å². The topological polar surface area (TPSA) is 44.4 Å². The van der Waals surface area contributed by atoms with Crippen LogP contribution in [0, 0.1) is 5.92 Å². The fourth-order valence-electron chi connectivity index (χ4n) is 4.87. The highest BCUT2D eigenvalue weighted by atomic mass is 32.1. The number of anilines is 2. The summed E-state index contributed by atoms with van der Waals surface area (Å²) in [5.74, 6) is 0.750. The van der Waals surface area contributed by atoms with E-state index in [9.17, 15) is 4.79 Å². The van der Waals surface area contributed by atoms with E-state index >= 15 is 0 Å². The molecule has 0 radical (unpaired) electrons. The second-order valence-corrected chi connectivity index (χ2v) is 11.8. The Balaban J connectivity index is 1.36. The Bertz CT molecular complexity index is 1230. The van der Waals surface area contributed by atoms with Gasteiger partial charge in [0, 0.05) is 35.6 Å². The summed E-state index contributed by atoms with van der Waals surface area (Å²) in [6.45, 7) is 13.2. The number of nitrogens with one attached hydrogen (secondary N) is 2. The molecule has 3 aromatic carbocycles. The number of hydrogen-bond acceptors (Lipinski definition) is 3. The highest BCUT2D eigenvalue weighted by Crippen LogP contribution is 2.25. The lowest BCUT2D eigenvalue weighted by Crippen LogP contribution is -2.34. The van der Waals surface area contributed by atoms with Crippen LogP contribution in [0.4, 0.5) is 11.4 Å². The van der Waals surface area contributed by atoms with Crippen molar-refractivity contribution in [1.82, 2.24) is 5.32 Å². The van der Waals surface area contributed by atoms with E-state index in [2.05, 4.69) is 74.4 Å². The number of piperidine rings is 1.